The number of rotatable bonds is 14. The van der Waals surface area contributed by atoms with Crippen LogP contribution in [0.15, 0.2) is 5.16 Å². The number of alkyl halides is 33. The fourth-order valence-electron chi connectivity index (χ4n) is 2.99. The number of nitrogens with zero attached hydrogens (tertiary/aromatic N) is 1. The molecule has 36 heteroatoms. The number of hydrogen-bond acceptors (Lipinski definition) is 2. The lowest BCUT2D eigenvalue weighted by atomic mass is 9.82. The van der Waals surface area contributed by atoms with Gasteiger partial charge in [-0.3, -0.25) is 0 Å². The molecule has 0 aliphatic rings. The van der Waals surface area contributed by atoms with Crippen molar-refractivity contribution in [1.82, 2.24) is 0 Å². The molecule has 0 saturated heterocycles. The van der Waals surface area contributed by atoms with Crippen LogP contribution in [0, 0.1) is 11.8 Å². The Labute approximate surface area is 275 Å². The van der Waals surface area contributed by atoms with Gasteiger partial charge in [0, 0.05) is 0 Å². The highest BCUT2D eigenvalue weighted by molar-refractivity contribution is 5.96. The third-order valence-electron chi connectivity index (χ3n) is 6.33. The third-order valence-corrected chi connectivity index (χ3v) is 6.33. The van der Waals surface area contributed by atoms with Gasteiger partial charge in [-0.15, -0.1) is 0 Å². The molecule has 0 heterocycles. The van der Waals surface area contributed by atoms with E-state index in [1.165, 1.54) is 5.16 Å². The molecular formula is C19H3F33N2O. The van der Waals surface area contributed by atoms with Gasteiger partial charge in [-0.2, -0.15) is 145 Å². The Bertz CT molecular complexity index is 1520. The van der Waals surface area contributed by atoms with E-state index in [0.29, 0.717) is 0 Å². The van der Waals surface area contributed by atoms with Crippen molar-refractivity contribution in [2.24, 2.45) is 10.9 Å². The lowest BCUT2D eigenvalue weighted by molar-refractivity contribution is -0.490. The summed E-state index contributed by atoms with van der Waals surface area (Å²) in [4.78, 5) is 0. The minimum atomic E-state index is -10.2. The molecule has 0 spiro atoms. The van der Waals surface area contributed by atoms with Gasteiger partial charge in [0.05, 0.1) is 0 Å². The highest BCUT2D eigenvalue weighted by Gasteiger charge is 3.01. The summed E-state index contributed by atoms with van der Waals surface area (Å²) in [5, 5.41) is 9.42. The zero-order chi connectivity index (χ0) is 45.7. The van der Waals surface area contributed by atoms with Gasteiger partial charge < -0.3 is 10.9 Å². The maximum absolute atomic E-state index is 13.9. The molecule has 0 bridgehead atoms. The molecule has 0 fully saturated rings. The van der Waals surface area contributed by atoms with Gasteiger partial charge in [-0.1, -0.05) is 5.16 Å². The Balaban J connectivity index is 7.76. The normalized spacial score (nSPS) is 16.9. The Hall–Kier alpha value is -3.48. The van der Waals surface area contributed by atoms with Gasteiger partial charge >= 0.3 is 95.0 Å². The van der Waals surface area contributed by atoms with Crippen molar-refractivity contribution in [3.05, 3.63) is 0 Å². The monoisotopic (exact) mass is 902 g/mol. The van der Waals surface area contributed by atoms with E-state index in [1.807, 2.05) is 0 Å². The molecule has 0 aliphatic carbocycles. The minimum Gasteiger partial charge on any atom is -0.409 e. The Morgan fingerprint density at radius 3 is 0.636 bits per heavy atom. The smallest absolute Gasteiger partial charge is 0.409 e. The summed E-state index contributed by atoms with van der Waals surface area (Å²) in [6, 6.07) is 0. The second-order valence-corrected chi connectivity index (χ2v) is 9.85. The first-order chi connectivity index (χ1) is 23.2. The van der Waals surface area contributed by atoms with Crippen molar-refractivity contribution in [1.29, 1.82) is 0 Å². The minimum absolute atomic E-state index is 0.120. The van der Waals surface area contributed by atoms with Crippen LogP contribution in [-0.2, 0) is 0 Å². The number of hydrogen-bond donors (Lipinski definition) is 2. The van der Waals surface area contributed by atoms with E-state index in [-0.39, 0.29) is 5.92 Å². The molecule has 0 saturated carbocycles. The molecule has 0 amide bonds. The van der Waals surface area contributed by atoms with Crippen molar-refractivity contribution in [2.75, 3.05) is 0 Å². The van der Waals surface area contributed by atoms with E-state index in [4.69, 9.17) is 5.21 Å². The molecule has 326 valence electrons. The second-order valence-electron chi connectivity index (χ2n) is 9.85. The van der Waals surface area contributed by atoms with E-state index in [2.05, 4.69) is 5.73 Å². The molecule has 3 nitrogen and oxygen atoms in total. The molecule has 0 atom stereocenters. The molecule has 55 heavy (non-hydrogen) atoms. The summed E-state index contributed by atoms with van der Waals surface area (Å²) >= 11 is 0. The second kappa shape index (κ2) is 12.8. The van der Waals surface area contributed by atoms with Gasteiger partial charge in [0.25, 0.3) is 0 Å². The van der Waals surface area contributed by atoms with Gasteiger partial charge in [0.1, 0.15) is 0 Å². The van der Waals surface area contributed by atoms with Crippen molar-refractivity contribution >= 4 is 5.84 Å². The topological polar surface area (TPSA) is 58.6 Å². The fraction of sp³-hybridized carbons (Fsp3) is 0.842. The lowest BCUT2D eigenvalue weighted by Crippen LogP contribution is -2.79. The van der Waals surface area contributed by atoms with Crippen molar-refractivity contribution in [3.63, 3.8) is 0 Å². The molecule has 3 N–H and O–H groups in total. The highest BCUT2D eigenvalue weighted by atomic mass is 19.4. The van der Waals surface area contributed by atoms with Crippen LogP contribution >= 0.6 is 0 Å². The maximum atomic E-state index is 13.9. The van der Waals surface area contributed by atoms with E-state index in [0.717, 1.165) is 0 Å². The first kappa shape index (κ1) is 51.5. The van der Waals surface area contributed by atoms with Crippen LogP contribution in [0.4, 0.5) is 145 Å². The third kappa shape index (κ3) is 6.11. The van der Waals surface area contributed by atoms with Crippen LogP contribution in [-0.4, -0.2) is 106 Å². The first-order valence-corrected chi connectivity index (χ1v) is 11.4. The highest BCUT2D eigenvalue weighted by Crippen LogP contribution is 2.69. The SMILES string of the molecule is NC(C#CC(F)(F)C(F)(F)C(F)(F)C(F)(F)C(F)(F)C(F)(F)C(F)(F)C(F)(F)C(F)(F)C(F)(F)C(F)(F)C(F)(F)C(F)(F)C(F)(F)C(F)(F)C(F)(F)F)=NO. The Morgan fingerprint density at radius 1 is 0.309 bits per heavy atom. The largest absolute Gasteiger partial charge is 0.460 e. The summed E-state index contributed by atoms with van der Waals surface area (Å²) in [5.41, 5.74) is 4.22. The molecule has 0 aromatic carbocycles. The Morgan fingerprint density at radius 2 is 0.473 bits per heavy atom. The number of amidine groups is 1. The van der Waals surface area contributed by atoms with Crippen molar-refractivity contribution in [2.45, 2.75) is 95.0 Å². The molecular weight excluding hydrogens is 899 g/mol. The predicted octanol–water partition coefficient (Wildman–Crippen LogP) is 9.83. The van der Waals surface area contributed by atoms with Gasteiger partial charge in [0.15, 0.2) is 0 Å². The van der Waals surface area contributed by atoms with E-state index in [9.17, 15) is 145 Å². The Kier molecular flexibility index (Phi) is 12.0. The summed E-state index contributed by atoms with van der Waals surface area (Å²) < 4.78 is 445. The zero-order valence-electron chi connectivity index (χ0n) is 23.4. The summed E-state index contributed by atoms with van der Waals surface area (Å²) in [6.07, 6.45) is -8.40. The summed E-state index contributed by atoms with van der Waals surface area (Å²) in [7, 11) is 0. The van der Waals surface area contributed by atoms with Crippen LogP contribution in [0.3, 0.4) is 0 Å². The van der Waals surface area contributed by atoms with Crippen LogP contribution in [0.2, 0.25) is 0 Å². The molecule has 0 radical (unpaired) electrons. The molecule has 0 unspecified atom stereocenters. The number of oxime groups is 1. The fourth-order valence-corrected chi connectivity index (χ4v) is 2.99. The van der Waals surface area contributed by atoms with E-state index < -0.39 is 107 Å². The van der Waals surface area contributed by atoms with Crippen LogP contribution in [0.5, 0.6) is 0 Å². The van der Waals surface area contributed by atoms with Gasteiger partial charge in [-0.25, -0.2) is 0 Å². The molecule has 0 aliphatic heterocycles. The van der Waals surface area contributed by atoms with Gasteiger partial charge in [-0.05, 0) is 11.8 Å². The quantitative estimate of drug-likeness (QED) is 0.0456. The summed E-state index contributed by atoms with van der Waals surface area (Å²) in [6.45, 7) is 0. The van der Waals surface area contributed by atoms with Crippen LogP contribution in [0.25, 0.3) is 0 Å². The molecule has 0 aromatic rings. The first-order valence-electron chi connectivity index (χ1n) is 11.4. The summed E-state index contributed by atoms with van der Waals surface area (Å²) in [5.74, 6) is -147. The van der Waals surface area contributed by atoms with Crippen molar-refractivity contribution < 1.29 is 150 Å². The number of halogens is 33. The predicted molar refractivity (Wildman–Crippen MR) is 101 cm³/mol. The molecule has 0 rings (SSSR count). The van der Waals surface area contributed by atoms with Crippen LogP contribution in [0.1, 0.15) is 0 Å². The van der Waals surface area contributed by atoms with Crippen LogP contribution < -0.4 is 5.73 Å². The molecule has 0 aromatic heterocycles. The average Bonchev–Trinajstić information content (AvgIpc) is 2.97. The van der Waals surface area contributed by atoms with E-state index >= 15 is 0 Å². The van der Waals surface area contributed by atoms with Crippen molar-refractivity contribution in [3.8, 4) is 11.8 Å². The number of nitrogens with two attached hydrogens (primary N) is 1. The van der Waals surface area contributed by atoms with E-state index in [1.54, 1.807) is 0 Å². The van der Waals surface area contributed by atoms with Gasteiger partial charge in [0.2, 0.25) is 5.84 Å². The lowest BCUT2D eigenvalue weighted by Gasteiger charge is -2.46. The standard InChI is InChI=1S/C19H3F33N2O/c20-4(21,2-1-3(53)54-55)5(22,23)6(24,25)7(26,27)8(28,29)9(30,31)10(32,33)11(34,35)12(36,37)13(38,39)14(40,41)15(42,43)16(44,45)17(46,47)18(48,49)19(50,51)52/h55H,(H2,53,54). The average molecular weight is 902 g/mol. The maximum Gasteiger partial charge on any atom is 0.460 e. The zero-order valence-corrected chi connectivity index (χ0v) is 23.4.